The first-order chi connectivity index (χ1) is 17.9. The molecule has 2 aromatic carbocycles. The Labute approximate surface area is 219 Å². The van der Waals surface area contributed by atoms with Crippen LogP contribution in [0.25, 0.3) is 10.2 Å². The van der Waals surface area contributed by atoms with E-state index in [9.17, 15) is 19.6 Å². The molecule has 13 heteroatoms. The Morgan fingerprint density at radius 2 is 1.89 bits per heavy atom. The number of aliphatic hydroxyl groups excluding tert-OH is 1. The van der Waals surface area contributed by atoms with E-state index < -0.39 is 23.9 Å². The zero-order chi connectivity index (χ0) is 26.1. The quantitative estimate of drug-likeness (QED) is 0.245. The van der Waals surface area contributed by atoms with Gasteiger partial charge in [0.15, 0.2) is 0 Å². The molecule has 2 heterocycles. The SMILES string of the molecule is Nn1c(=O)n(CC(CO)CN=O)c(=O)n(Cc2ccc(Cl)cc2)/c1=N/c1ccc2nc(C3CC3)sc2c1. The first-order valence-corrected chi connectivity index (χ1v) is 12.9. The van der Waals surface area contributed by atoms with Gasteiger partial charge in [-0.25, -0.2) is 24.1 Å². The molecule has 1 unspecified atom stereocenters. The standard InChI is InChI=1S/C24H24ClN7O4S/c25-17-5-1-14(2-6-17)11-30-22(32(26)24(35)31(23(30)34)12-15(13-33)10-27-36)28-18-7-8-19-20(9-18)37-21(29-19)16-3-4-16/h1-2,5-9,15-16,33H,3-4,10-13,26H2/b28-22-. The molecule has 0 spiro atoms. The van der Waals surface area contributed by atoms with Crippen LogP contribution in [0.5, 0.6) is 0 Å². The molecule has 1 atom stereocenters. The van der Waals surface area contributed by atoms with Crippen LogP contribution in [-0.4, -0.2) is 37.1 Å². The number of thiazole rings is 1. The van der Waals surface area contributed by atoms with Gasteiger partial charge in [-0.05, 0) is 48.7 Å². The highest BCUT2D eigenvalue weighted by molar-refractivity contribution is 7.18. The van der Waals surface area contributed by atoms with Gasteiger partial charge >= 0.3 is 11.4 Å². The van der Waals surface area contributed by atoms with Gasteiger partial charge in [0.1, 0.15) is 0 Å². The topological polar surface area (TPSA) is 150 Å². The van der Waals surface area contributed by atoms with Gasteiger partial charge in [0.25, 0.3) is 0 Å². The van der Waals surface area contributed by atoms with Gasteiger partial charge in [0, 0.05) is 30.0 Å². The third-order valence-corrected chi connectivity index (χ3v) is 7.62. The highest BCUT2D eigenvalue weighted by atomic mass is 35.5. The summed E-state index contributed by atoms with van der Waals surface area (Å²) in [6, 6.07) is 12.4. The Bertz CT molecular complexity index is 1650. The number of halogens is 1. The maximum Gasteiger partial charge on any atom is 0.353 e. The van der Waals surface area contributed by atoms with Crippen molar-refractivity contribution in [1.82, 2.24) is 18.8 Å². The summed E-state index contributed by atoms with van der Waals surface area (Å²) in [6.45, 7) is -0.859. The van der Waals surface area contributed by atoms with Gasteiger partial charge in [0.05, 0.1) is 34.0 Å². The lowest BCUT2D eigenvalue weighted by Crippen LogP contribution is -2.58. The van der Waals surface area contributed by atoms with E-state index in [1.54, 1.807) is 41.7 Å². The maximum absolute atomic E-state index is 13.6. The largest absolute Gasteiger partial charge is 0.396 e. The number of hydrogen-bond donors (Lipinski definition) is 2. The van der Waals surface area contributed by atoms with Crippen LogP contribution >= 0.6 is 22.9 Å². The van der Waals surface area contributed by atoms with E-state index in [-0.39, 0.29) is 25.3 Å². The van der Waals surface area contributed by atoms with Crippen LogP contribution in [0.4, 0.5) is 5.69 Å². The normalized spacial score (nSPS) is 14.8. The molecular formula is C24H24ClN7O4S. The first-order valence-electron chi connectivity index (χ1n) is 11.7. The van der Waals surface area contributed by atoms with E-state index >= 15 is 0 Å². The molecule has 3 N–H and O–H groups in total. The monoisotopic (exact) mass is 541 g/mol. The minimum atomic E-state index is -0.824. The number of nitrogens with zero attached hydrogens (tertiary/aromatic N) is 6. The van der Waals surface area contributed by atoms with Crippen molar-refractivity contribution in [2.24, 2.45) is 16.1 Å². The van der Waals surface area contributed by atoms with E-state index in [0.717, 1.165) is 42.9 Å². The molecular weight excluding hydrogens is 518 g/mol. The van der Waals surface area contributed by atoms with Crippen molar-refractivity contribution in [3.63, 3.8) is 0 Å². The predicted molar refractivity (Wildman–Crippen MR) is 142 cm³/mol. The molecule has 37 heavy (non-hydrogen) atoms. The maximum atomic E-state index is 13.6. The Balaban J connectivity index is 1.66. The summed E-state index contributed by atoms with van der Waals surface area (Å²) in [6.07, 6.45) is 2.30. The number of benzene rings is 2. The second kappa shape index (κ2) is 10.4. The Morgan fingerprint density at radius 1 is 1.14 bits per heavy atom. The fourth-order valence-corrected chi connectivity index (χ4v) is 5.29. The molecule has 11 nitrogen and oxygen atoms in total. The summed E-state index contributed by atoms with van der Waals surface area (Å²) in [4.78, 5) is 46.7. The Hall–Kier alpha value is -3.61. The molecule has 0 bridgehead atoms. The molecule has 1 saturated carbocycles. The minimum Gasteiger partial charge on any atom is -0.396 e. The zero-order valence-electron chi connectivity index (χ0n) is 19.7. The lowest BCUT2D eigenvalue weighted by Gasteiger charge is -2.16. The van der Waals surface area contributed by atoms with E-state index in [2.05, 4.69) is 15.2 Å². The summed E-state index contributed by atoms with van der Waals surface area (Å²) in [7, 11) is 0. The number of nitrogen functional groups attached to an aromatic ring is 1. The lowest BCUT2D eigenvalue weighted by atomic mass is 10.1. The Kier molecular flexibility index (Phi) is 7.04. The van der Waals surface area contributed by atoms with Crippen LogP contribution in [0.2, 0.25) is 5.02 Å². The fourth-order valence-electron chi connectivity index (χ4n) is 4.00. The van der Waals surface area contributed by atoms with Crippen molar-refractivity contribution in [2.45, 2.75) is 31.8 Å². The number of aromatic nitrogens is 4. The summed E-state index contributed by atoms with van der Waals surface area (Å²) < 4.78 is 3.92. The van der Waals surface area contributed by atoms with Crippen LogP contribution in [0.3, 0.4) is 0 Å². The molecule has 0 saturated heterocycles. The molecule has 1 aliphatic carbocycles. The van der Waals surface area contributed by atoms with Crippen LogP contribution in [0.1, 0.15) is 29.3 Å². The highest BCUT2D eigenvalue weighted by Gasteiger charge is 2.27. The van der Waals surface area contributed by atoms with Crippen molar-refractivity contribution in [1.29, 1.82) is 0 Å². The number of nitrogens with two attached hydrogens (primary N) is 1. The van der Waals surface area contributed by atoms with Crippen molar-refractivity contribution >= 4 is 38.8 Å². The zero-order valence-corrected chi connectivity index (χ0v) is 21.2. The molecule has 5 rings (SSSR count). The Morgan fingerprint density at radius 3 is 2.57 bits per heavy atom. The lowest BCUT2D eigenvalue weighted by molar-refractivity contribution is 0.210. The van der Waals surface area contributed by atoms with Crippen LogP contribution < -0.4 is 22.8 Å². The molecule has 1 aliphatic rings. The minimum absolute atomic E-state index is 0.0522. The highest BCUT2D eigenvalue weighted by Crippen LogP contribution is 2.43. The number of hydrogen-bond acceptors (Lipinski definition) is 9. The van der Waals surface area contributed by atoms with Gasteiger partial charge in [-0.15, -0.1) is 11.3 Å². The average Bonchev–Trinajstić information content (AvgIpc) is 3.66. The second-order valence-corrected chi connectivity index (χ2v) is 10.5. The second-order valence-electron chi connectivity index (χ2n) is 9.01. The summed E-state index contributed by atoms with van der Waals surface area (Å²) in [5.41, 5.74) is 0.557. The van der Waals surface area contributed by atoms with Crippen molar-refractivity contribution in [3.8, 4) is 0 Å². The van der Waals surface area contributed by atoms with E-state index in [1.165, 1.54) is 4.57 Å². The van der Waals surface area contributed by atoms with Crippen molar-refractivity contribution in [3.05, 3.63) is 89.6 Å². The predicted octanol–water partition coefficient (Wildman–Crippen LogP) is 2.32. The number of rotatable bonds is 9. The summed E-state index contributed by atoms with van der Waals surface area (Å²) in [5.74, 6) is 5.99. The van der Waals surface area contributed by atoms with Gasteiger partial charge in [-0.3, -0.25) is 4.57 Å². The van der Waals surface area contributed by atoms with Crippen LogP contribution in [0.15, 0.2) is 62.2 Å². The van der Waals surface area contributed by atoms with Crippen molar-refractivity contribution < 1.29 is 5.11 Å². The third kappa shape index (κ3) is 5.26. The molecule has 192 valence electrons. The first kappa shape index (κ1) is 25.1. The third-order valence-electron chi connectivity index (χ3n) is 6.19. The van der Waals surface area contributed by atoms with Crippen LogP contribution in [-0.2, 0) is 13.1 Å². The number of nitroso groups, excluding NO2 is 1. The van der Waals surface area contributed by atoms with Crippen LogP contribution in [0, 0.1) is 10.8 Å². The van der Waals surface area contributed by atoms with Gasteiger partial charge < -0.3 is 10.9 Å². The summed E-state index contributed by atoms with van der Waals surface area (Å²) >= 11 is 7.63. The van der Waals surface area contributed by atoms with E-state index in [0.29, 0.717) is 16.6 Å². The number of aliphatic hydroxyl groups is 1. The summed E-state index contributed by atoms with van der Waals surface area (Å²) in [5, 5.41) is 14.0. The van der Waals surface area contributed by atoms with Gasteiger partial charge in [0.2, 0.25) is 5.62 Å². The number of fused-ring (bicyclic) bond motifs is 1. The molecule has 1 fully saturated rings. The molecule has 4 aromatic rings. The fraction of sp³-hybridized carbons (Fsp3) is 0.333. The van der Waals surface area contributed by atoms with Gasteiger partial charge in [-0.1, -0.05) is 28.9 Å². The van der Waals surface area contributed by atoms with E-state index in [1.807, 2.05) is 12.1 Å². The molecule has 0 radical (unpaired) electrons. The average molecular weight is 542 g/mol. The van der Waals surface area contributed by atoms with Gasteiger partial charge in [-0.2, -0.15) is 9.58 Å². The molecule has 2 aromatic heterocycles. The smallest absolute Gasteiger partial charge is 0.353 e. The molecule has 0 amide bonds. The molecule has 0 aliphatic heterocycles. The van der Waals surface area contributed by atoms with Crippen molar-refractivity contribution in [2.75, 3.05) is 19.0 Å². The van der Waals surface area contributed by atoms with E-state index in [4.69, 9.17) is 17.4 Å².